The second-order valence-corrected chi connectivity index (χ2v) is 4.59. The number of aromatic nitrogens is 2. The van der Waals surface area contributed by atoms with Crippen LogP contribution in [-0.4, -0.2) is 17.0 Å². The van der Waals surface area contributed by atoms with Crippen molar-refractivity contribution in [3.8, 4) is 6.07 Å². The van der Waals surface area contributed by atoms with Crippen LogP contribution in [0.25, 0.3) is 0 Å². The van der Waals surface area contributed by atoms with E-state index in [0.717, 1.165) is 4.47 Å². The summed E-state index contributed by atoms with van der Waals surface area (Å²) in [4.78, 5) is 8.06. The van der Waals surface area contributed by atoms with Gasteiger partial charge in [-0.1, -0.05) is 15.9 Å². The molecule has 0 unspecified atom stereocenters. The van der Waals surface area contributed by atoms with Crippen molar-refractivity contribution in [1.29, 1.82) is 5.26 Å². The highest BCUT2D eigenvalue weighted by Crippen LogP contribution is 2.24. The van der Waals surface area contributed by atoms with Crippen LogP contribution in [0.1, 0.15) is 5.56 Å². The molecule has 96 valence electrons. The molecule has 4 N–H and O–H groups in total. The fourth-order valence-corrected chi connectivity index (χ4v) is 1.88. The standard InChI is InChI=1S/C12H11BrN6/c1-16-10-5-11(19-12(15)18-10)17-9-3-2-8(13)4-7(9)6-14/h2-5H,1H3,(H4,15,16,17,18,19). The number of nitrogens with one attached hydrogen (secondary N) is 2. The lowest BCUT2D eigenvalue weighted by atomic mass is 10.2. The van der Waals surface area contributed by atoms with Crippen LogP contribution in [0.2, 0.25) is 0 Å². The van der Waals surface area contributed by atoms with E-state index >= 15 is 0 Å². The number of nitrogen functional groups attached to an aromatic ring is 1. The predicted octanol–water partition coefficient (Wildman–Crippen LogP) is 2.48. The molecule has 1 aromatic carbocycles. The first-order valence-electron chi connectivity index (χ1n) is 5.41. The summed E-state index contributed by atoms with van der Waals surface area (Å²) in [5.41, 5.74) is 6.78. The first-order valence-corrected chi connectivity index (χ1v) is 6.20. The van der Waals surface area contributed by atoms with E-state index in [1.54, 1.807) is 25.2 Å². The van der Waals surface area contributed by atoms with Gasteiger partial charge in [-0.2, -0.15) is 15.2 Å². The molecule has 1 aromatic heterocycles. The minimum atomic E-state index is 0.157. The summed E-state index contributed by atoms with van der Waals surface area (Å²) in [6.45, 7) is 0. The zero-order valence-corrected chi connectivity index (χ0v) is 11.7. The first kappa shape index (κ1) is 13.1. The maximum atomic E-state index is 9.10. The van der Waals surface area contributed by atoms with E-state index in [0.29, 0.717) is 22.9 Å². The number of nitrogens with two attached hydrogens (primary N) is 1. The van der Waals surface area contributed by atoms with Crippen LogP contribution in [0.3, 0.4) is 0 Å². The number of nitrogens with zero attached hydrogens (tertiary/aromatic N) is 3. The van der Waals surface area contributed by atoms with E-state index in [1.807, 2.05) is 6.07 Å². The molecule has 7 heteroatoms. The fourth-order valence-electron chi connectivity index (χ4n) is 1.51. The van der Waals surface area contributed by atoms with Crippen molar-refractivity contribution in [3.05, 3.63) is 34.3 Å². The summed E-state index contributed by atoms with van der Waals surface area (Å²) in [6, 6.07) is 9.18. The van der Waals surface area contributed by atoms with E-state index in [-0.39, 0.29) is 5.95 Å². The Hall–Kier alpha value is -2.33. The zero-order valence-electron chi connectivity index (χ0n) is 10.1. The van der Waals surface area contributed by atoms with Crippen molar-refractivity contribution in [1.82, 2.24) is 9.97 Å². The molecule has 1 heterocycles. The number of rotatable bonds is 3. The average molecular weight is 319 g/mol. The maximum absolute atomic E-state index is 9.10. The molecule has 0 spiro atoms. The Balaban J connectivity index is 2.36. The number of hydrogen-bond acceptors (Lipinski definition) is 6. The molecule has 0 amide bonds. The van der Waals surface area contributed by atoms with Crippen molar-refractivity contribution >= 4 is 39.2 Å². The van der Waals surface area contributed by atoms with Gasteiger partial charge in [-0.15, -0.1) is 0 Å². The Morgan fingerprint density at radius 2 is 2.00 bits per heavy atom. The minimum absolute atomic E-state index is 0.157. The fraction of sp³-hybridized carbons (Fsp3) is 0.0833. The molecular formula is C12H11BrN6. The van der Waals surface area contributed by atoms with Gasteiger partial charge < -0.3 is 16.4 Å². The zero-order chi connectivity index (χ0) is 13.8. The van der Waals surface area contributed by atoms with Crippen molar-refractivity contribution in [2.24, 2.45) is 0 Å². The van der Waals surface area contributed by atoms with Crippen LogP contribution in [0, 0.1) is 11.3 Å². The molecule has 0 aliphatic rings. The maximum Gasteiger partial charge on any atom is 0.223 e. The van der Waals surface area contributed by atoms with Gasteiger partial charge in [-0.25, -0.2) is 0 Å². The van der Waals surface area contributed by atoms with Crippen LogP contribution >= 0.6 is 15.9 Å². The summed E-state index contributed by atoms with van der Waals surface area (Å²) < 4.78 is 0.840. The molecule has 0 aliphatic carbocycles. The number of benzene rings is 1. The van der Waals surface area contributed by atoms with Crippen LogP contribution < -0.4 is 16.4 Å². The molecule has 6 nitrogen and oxygen atoms in total. The molecule has 0 atom stereocenters. The van der Waals surface area contributed by atoms with Gasteiger partial charge in [-0.3, -0.25) is 0 Å². The van der Waals surface area contributed by atoms with Crippen LogP contribution in [0.5, 0.6) is 0 Å². The lowest BCUT2D eigenvalue weighted by Crippen LogP contribution is -2.04. The Labute approximate surface area is 118 Å². The number of nitriles is 1. The summed E-state index contributed by atoms with van der Waals surface area (Å²) in [5, 5.41) is 15.0. The molecule has 2 aromatic rings. The third-order valence-corrected chi connectivity index (χ3v) is 2.86. The van der Waals surface area contributed by atoms with Gasteiger partial charge >= 0.3 is 0 Å². The van der Waals surface area contributed by atoms with E-state index in [4.69, 9.17) is 11.0 Å². The van der Waals surface area contributed by atoms with E-state index < -0.39 is 0 Å². The van der Waals surface area contributed by atoms with Crippen molar-refractivity contribution < 1.29 is 0 Å². The third kappa shape index (κ3) is 3.11. The molecule has 0 bridgehead atoms. The highest BCUT2D eigenvalue weighted by atomic mass is 79.9. The van der Waals surface area contributed by atoms with Crippen molar-refractivity contribution in [2.75, 3.05) is 23.4 Å². The smallest absolute Gasteiger partial charge is 0.223 e. The molecule has 0 saturated heterocycles. The Morgan fingerprint density at radius 1 is 1.26 bits per heavy atom. The number of anilines is 4. The monoisotopic (exact) mass is 318 g/mol. The van der Waals surface area contributed by atoms with Gasteiger partial charge in [0.1, 0.15) is 17.7 Å². The van der Waals surface area contributed by atoms with Gasteiger partial charge in [0.15, 0.2) is 0 Å². The Kier molecular flexibility index (Phi) is 3.82. The van der Waals surface area contributed by atoms with Gasteiger partial charge in [0, 0.05) is 17.6 Å². The average Bonchev–Trinajstić information content (AvgIpc) is 2.40. The normalized spacial score (nSPS) is 9.74. The number of hydrogen-bond donors (Lipinski definition) is 3. The second-order valence-electron chi connectivity index (χ2n) is 3.67. The van der Waals surface area contributed by atoms with E-state index in [9.17, 15) is 0 Å². The second kappa shape index (κ2) is 5.54. The SMILES string of the molecule is CNc1cc(Nc2ccc(Br)cc2C#N)nc(N)n1. The molecular weight excluding hydrogens is 308 g/mol. The predicted molar refractivity (Wildman–Crippen MR) is 78.1 cm³/mol. The van der Waals surface area contributed by atoms with Crippen molar-refractivity contribution in [2.45, 2.75) is 0 Å². The minimum Gasteiger partial charge on any atom is -0.373 e. The van der Waals surface area contributed by atoms with Crippen molar-refractivity contribution in [3.63, 3.8) is 0 Å². The van der Waals surface area contributed by atoms with Gasteiger partial charge in [-0.05, 0) is 18.2 Å². The topological polar surface area (TPSA) is 99.6 Å². The first-order chi connectivity index (χ1) is 9.12. The van der Waals surface area contributed by atoms with Crippen LogP contribution in [0.15, 0.2) is 28.7 Å². The summed E-state index contributed by atoms with van der Waals surface area (Å²) in [5.74, 6) is 1.28. The molecule has 0 saturated carbocycles. The highest BCUT2D eigenvalue weighted by Gasteiger charge is 2.06. The van der Waals surface area contributed by atoms with Gasteiger partial charge in [0.25, 0.3) is 0 Å². The van der Waals surface area contributed by atoms with Gasteiger partial charge in [0.05, 0.1) is 11.3 Å². The van der Waals surface area contributed by atoms with E-state index in [2.05, 4.69) is 42.6 Å². The molecule has 19 heavy (non-hydrogen) atoms. The lowest BCUT2D eigenvalue weighted by Gasteiger charge is -2.09. The Morgan fingerprint density at radius 3 is 2.68 bits per heavy atom. The van der Waals surface area contributed by atoms with Crippen LogP contribution in [-0.2, 0) is 0 Å². The lowest BCUT2D eigenvalue weighted by molar-refractivity contribution is 1.17. The quantitative estimate of drug-likeness (QED) is 0.804. The summed E-state index contributed by atoms with van der Waals surface area (Å²) >= 11 is 3.32. The van der Waals surface area contributed by atoms with E-state index in [1.165, 1.54) is 0 Å². The third-order valence-electron chi connectivity index (χ3n) is 2.36. The van der Waals surface area contributed by atoms with Gasteiger partial charge in [0.2, 0.25) is 5.95 Å². The molecule has 2 rings (SSSR count). The highest BCUT2D eigenvalue weighted by molar-refractivity contribution is 9.10. The summed E-state index contributed by atoms with van der Waals surface area (Å²) in [7, 11) is 1.74. The molecule has 0 radical (unpaired) electrons. The van der Waals surface area contributed by atoms with Crippen LogP contribution in [0.4, 0.5) is 23.3 Å². The molecule has 0 fully saturated rings. The number of halogens is 1. The summed E-state index contributed by atoms with van der Waals surface area (Å²) in [6.07, 6.45) is 0. The Bertz CT molecular complexity index is 649. The largest absolute Gasteiger partial charge is 0.373 e. The molecule has 0 aliphatic heterocycles.